The van der Waals surface area contributed by atoms with Crippen molar-refractivity contribution in [1.82, 2.24) is 10.2 Å². The van der Waals surface area contributed by atoms with Gasteiger partial charge in [0, 0.05) is 12.6 Å². The smallest absolute Gasteiger partial charge is 0.264 e. The molecule has 0 heterocycles. The van der Waals surface area contributed by atoms with Gasteiger partial charge >= 0.3 is 0 Å². The zero-order valence-electron chi connectivity index (χ0n) is 23.5. The van der Waals surface area contributed by atoms with Crippen LogP contribution in [0.25, 0.3) is 0 Å². The van der Waals surface area contributed by atoms with Gasteiger partial charge in [-0.3, -0.25) is 13.9 Å². The second-order valence-corrected chi connectivity index (χ2v) is 12.4. The zero-order chi connectivity index (χ0) is 28.7. The minimum atomic E-state index is -4.06. The number of rotatable bonds is 11. The predicted molar refractivity (Wildman–Crippen MR) is 158 cm³/mol. The van der Waals surface area contributed by atoms with Crippen LogP contribution in [0.3, 0.4) is 0 Å². The molecule has 0 radical (unpaired) electrons. The van der Waals surface area contributed by atoms with E-state index in [1.807, 2.05) is 50.2 Å². The Kier molecular flexibility index (Phi) is 9.63. The van der Waals surface area contributed by atoms with E-state index in [2.05, 4.69) is 5.32 Å². The fourth-order valence-electron chi connectivity index (χ4n) is 5.01. The molecule has 0 aliphatic heterocycles. The maximum Gasteiger partial charge on any atom is 0.264 e. The van der Waals surface area contributed by atoms with E-state index in [0.717, 1.165) is 53.1 Å². The zero-order valence-corrected chi connectivity index (χ0v) is 24.4. The molecule has 2 amide bonds. The first-order valence-corrected chi connectivity index (χ1v) is 15.4. The topological polar surface area (TPSA) is 86.8 Å². The first-order chi connectivity index (χ1) is 19.2. The molecule has 212 valence electrons. The standard InChI is InChI=1S/C32H39N3O4S/c1-4-26-18-20-29(21-19-26)35(40(38,39)30-12-6-5-7-13-30)23-31(36)34(22-27-16-14-24(2)15-17-27)25(3)32(37)33-28-10-8-9-11-28/h5-7,12-21,25,28H,4,8-11,22-23H2,1-3H3,(H,33,37). The van der Waals surface area contributed by atoms with Gasteiger partial charge in [0.25, 0.3) is 10.0 Å². The number of hydrogen-bond acceptors (Lipinski definition) is 4. The molecule has 40 heavy (non-hydrogen) atoms. The number of benzene rings is 3. The molecule has 8 heteroatoms. The summed E-state index contributed by atoms with van der Waals surface area (Å²) in [6.07, 6.45) is 4.83. The summed E-state index contributed by atoms with van der Waals surface area (Å²) in [4.78, 5) is 28.9. The Morgan fingerprint density at radius 2 is 1.50 bits per heavy atom. The number of hydrogen-bond donors (Lipinski definition) is 1. The first-order valence-electron chi connectivity index (χ1n) is 14.0. The van der Waals surface area contributed by atoms with Crippen molar-refractivity contribution in [2.75, 3.05) is 10.8 Å². The summed E-state index contributed by atoms with van der Waals surface area (Å²) in [6.45, 7) is 5.48. The van der Waals surface area contributed by atoms with E-state index in [1.165, 1.54) is 17.0 Å². The summed E-state index contributed by atoms with van der Waals surface area (Å²) in [7, 11) is -4.06. The second kappa shape index (κ2) is 13.1. The maximum absolute atomic E-state index is 14.0. The van der Waals surface area contributed by atoms with Crippen LogP contribution in [0.4, 0.5) is 5.69 Å². The van der Waals surface area contributed by atoms with Gasteiger partial charge in [-0.1, -0.05) is 79.9 Å². The highest BCUT2D eigenvalue weighted by Crippen LogP contribution is 2.25. The molecule has 3 aromatic carbocycles. The third kappa shape index (κ3) is 7.10. The van der Waals surface area contributed by atoms with E-state index in [1.54, 1.807) is 37.3 Å². The van der Waals surface area contributed by atoms with Crippen LogP contribution in [0.5, 0.6) is 0 Å². The number of carbonyl (C=O) groups excluding carboxylic acids is 2. The van der Waals surface area contributed by atoms with Crippen molar-refractivity contribution >= 4 is 27.5 Å². The van der Waals surface area contributed by atoms with Crippen molar-refractivity contribution in [3.05, 3.63) is 95.6 Å². The highest BCUT2D eigenvalue weighted by molar-refractivity contribution is 7.92. The number of aryl methyl sites for hydroxylation is 2. The molecule has 0 saturated heterocycles. The Bertz CT molecular complexity index is 1380. The lowest BCUT2D eigenvalue weighted by molar-refractivity contribution is -0.139. The molecule has 1 N–H and O–H groups in total. The number of anilines is 1. The highest BCUT2D eigenvalue weighted by Gasteiger charge is 2.33. The lowest BCUT2D eigenvalue weighted by atomic mass is 10.1. The number of nitrogens with zero attached hydrogens (tertiary/aromatic N) is 2. The Morgan fingerprint density at radius 1 is 0.900 bits per heavy atom. The summed E-state index contributed by atoms with van der Waals surface area (Å²) < 4.78 is 28.8. The van der Waals surface area contributed by atoms with Crippen LogP contribution < -0.4 is 9.62 Å². The molecule has 1 fully saturated rings. The summed E-state index contributed by atoms with van der Waals surface area (Å²) in [6, 6.07) is 22.4. The Hall–Kier alpha value is -3.65. The van der Waals surface area contributed by atoms with Gasteiger partial charge in [-0.15, -0.1) is 0 Å². The molecular weight excluding hydrogens is 522 g/mol. The number of carbonyl (C=O) groups is 2. The van der Waals surface area contributed by atoms with E-state index in [-0.39, 0.29) is 23.4 Å². The van der Waals surface area contributed by atoms with Gasteiger partial charge in [0.05, 0.1) is 10.6 Å². The number of sulfonamides is 1. The van der Waals surface area contributed by atoms with Gasteiger partial charge in [-0.05, 0) is 68.5 Å². The van der Waals surface area contributed by atoms with Crippen LogP contribution in [0, 0.1) is 6.92 Å². The molecule has 0 aromatic heterocycles. The largest absolute Gasteiger partial charge is 0.352 e. The molecular formula is C32H39N3O4S. The summed E-state index contributed by atoms with van der Waals surface area (Å²) in [5, 5.41) is 3.10. The summed E-state index contributed by atoms with van der Waals surface area (Å²) in [5.41, 5.74) is 3.41. The normalized spacial score (nSPS) is 14.5. The summed E-state index contributed by atoms with van der Waals surface area (Å²) >= 11 is 0. The van der Waals surface area contributed by atoms with Crippen LogP contribution in [-0.2, 0) is 32.6 Å². The molecule has 0 bridgehead atoms. The van der Waals surface area contributed by atoms with Gasteiger partial charge in [0.2, 0.25) is 11.8 Å². The van der Waals surface area contributed by atoms with Crippen LogP contribution in [0.1, 0.15) is 56.2 Å². The van der Waals surface area contributed by atoms with Crippen molar-refractivity contribution in [2.24, 2.45) is 0 Å². The van der Waals surface area contributed by atoms with E-state index in [0.29, 0.717) is 5.69 Å². The molecule has 1 aliphatic rings. The monoisotopic (exact) mass is 561 g/mol. The molecule has 1 aliphatic carbocycles. The third-order valence-corrected chi connectivity index (χ3v) is 9.37. The van der Waals surface area contributed by atoms with Crippen LogP contribution in [0.15, 0.2) is 83.8 Å². The maximum atomic E-state index is 14.0. The fourth-order valence-corrected chi connectivity index (χ4v) is 6.45. The van der Waals surface area contributed by atoms with Crippen molar-refractivity contribution < 1.29 is 18.0 Å². The van der Waals surface area contributed by atoms with E-state index in [9.17, 15) is 18.0 Å². The Labute approximate surface area is 238 Å². The van der Waals surface area contributed by atoms with Crippen molar-refractivity contribution in [3.63, 3.8) is 0 Å². The van der Waals surface area contributed by atoms with Gasteiger partial charge in [0.1, 0.15) is 12.6 Å². The second-order valence-electron chi connectivity index (χ2n) is 10.5. The lowest BCUT2D eigenvalue weighted by Crippen LogP contribution is -2.52. The Morgan fingerprint density at radius 3 is 2.10 bits per heavy atom. The van der Waals surface area contributed by atoms with E-state index in [4.69, 9.17) is 0 Å². The van der Waals surface area contributed by atoms with Gasteiger partial charge in [-0.25, -0.2) is 8.42 Å². The first kappa shape index (κ1) is 29.3. The lowest BCUT2D eigenvalue weighted by Gasteiger charge is -2.32. The molecule has 0 spiro atoms. The van der Waals surface area contributed by atoms with Gasteiger partial charge in [0.15, 0.2) is 0 Å². The quantitative estimate of drug-likeness (QED) is 0.347. The van der Waals surface area contributed by atoms with Crippen molar-refractivity contribution in [1.29, 1.82) is 0 Å². The van der Waals surface area contributed by atoms with Crippen molar-refractivity contribution in [2.45, 2.75) is 76.4 Å². The van der Waals surface area contributed by atoms with Crippen LogP contribution >= 0.6 is 0 Å². The SMILES string of the molecule is CCc1ccc(N(CC(=O)N(Cc2ccc(C)cc2)C(C)C(=O)NC2CCCC2)S(=O)(=O)c2ccccc2)cc1. The molecule has 7 nitrogen and oxygen atoms in total. The van der Waals surface area contributed by atoms with Crippen LogP contribution in [-0.4, -0.2) is 43.8 Å². The van der Waals surface area contributed by atoms with Gasteiger partial charge < -0.3 is 10.2 Å². The predicted octanol–water partition coefficient (Wildman–Crippen LogP) is 5.23. The highest BCUT2D eigenvalue weighted by atomic mass is 32.2. The fraction of sp³-hybridized carbons (Fsp3) is 0.375. The van der Waals surface area contributed by atoms with E-state index < -0.39 is 28.5 Å². The molecule has 4 rings (SSSR count). The molecule has 3 aromatic rings. The Balaban J connectivity index is 1.67. The van der Waals surface area contributed by atoms with Crippen molar-refractivity contribution in [3.8, 4) is 0 Å². The number of nitrogens with one attached hydrogen (secondary N) is 1. The van der Waals surface area contributed by atoms with Gasteiger partial charge in [-0.2, -0.15) is 0 Å². The molecule has 1 atom stereocenters. The van der Waals surface area contributed by atoms with E-state index >= 15 is 0 Å². The summed E-state index contributed by atoms with van der Waals surface area (Å²) in [5.74, 6) is -0.675. The molecule has 1 unspecified atom stereocenters. The minimum absolute atomic E-state index is 0.0967. The minimum Gasteiger partial charge on any atom is -0.352 e. The average Bonchev–Trinajstić information content (AvgIpc) is 3.48. The molecule has 1 saturated carbocycles. The number of amides is 2. The third-order valence-electron chi connectivity index (χ3n) is 7.59. The van der Waals surface area contributed by atoms with Crippen LogP contribution in [0.2, 0.25) is 0 Å². The average molecular weight is 562 g/mol.